The highest BCUT2D eigenvalue weighted by Crippen LogP contribution is 2.24. The van der Waals surface area contributed by atoms with Crippen LogP contribution >= 0.6 is 15.9 Å². The van der Waals surface area contributed by atoms with E-state index in [0.717, 1.165) is 5.33 Å². The molecule has 16 heavy (non-hydrogen) atoms. The van der Waals surface area contributed by atoms with E-state index >= 15 is 0 Å². The van der Waals surface area contributed by atoms with E-state index in [2.05, 4.69) is 20.9 Å². The van der Waals surface area contributed by atoms with Gasteiger partial charge in [0.2, 0.25) is 5.91 Å². The van der Waals surface area contributed by atoms with Gasteiger partial charge in [0.15, 0.2) is 0 Å². The van der Waals surface area contributed by atoms with Crippen molar-refractivity contribution in [3.8, 4) is 6.07 Å². The third-order valence-corrected chi connectivity index (χ3v) is 3.46. The van der Waals surface area contributed by atoms with Crippen molar-refractivity contribution in [2.24, 2.45) is 5.92 Å². The van der Waals surface area contributed by atoms with Gasteiger partial charge in [0.05, 0.1) is 0 Å². The lowest BCUT2D eigenvalue weighted by Crippen LogP contribution is -2.25. The van der Waals surface area contributed by atoms with Crippen molar-refractivity contribution < 1.29 is 4.79 Å². The maximum Gasteiger partial charge on any atom is 0.228 e. The van der Waals surface area contributed by atoms with Crippen molar-refractivity contribution in [1.29, 1.82) is 5.26 Å². The minimum atomic E-state index is 0.0760. The SMILES string of the molecule is N#Cc1cccc(N2CC(CBr)CC2=O)n1. The summed E-state index contributed by atoms with van der Waals surface area (Å²) in [6.45, 7) is 0.673. The molecule has 1 unspecified atom stereocenters. The van der Waals surface area contributed by atoms with Crippen LogP contribution in [0.2, 0.25) is 0 Å². The normalized spacial score (nSPS) is 19.9. The molecular weight excluding hydrogens is 270 g/mol. The minimum Gasteiger partial charge on any atom is -0.296 e. The minimum absolute atomic E-state index is 0.0760. The van der Waals surface area contributed by atoms with Crippen molar-refractivity contribution in [2.45, 2.75) is 6.42 Å². The number of anilines is 1. The number of carbonyl (C=O) groups is 1. The Morgan fingerprint density at radius 1 is 1.62 bits per heavy atom. The van der Waals surface area contributed by atoms with E-state index in [-0.39, 0.29) is 5.91 Å². The molecule has 0 saturated carbocycles. The highest BCUT2D eigenvalue weighted by molar-refractivity contribution is 9.09. The second-order valence-corrected chi connectivity index (χ2v) is 4.37. The standard InChI is InChI=1S/C11H10BrN3O/c12-5-8-4-11(16)15(7-8)10-3-1-2-9(6-13)14-10/h1-3,8H,4-5,7H2. The van der Waals surface area contributed by atoms with Gasteiger partial charge in [-0.25, -0.2) is 4.98 Å². The molecule has 0 bridgehead atoms. The Hall–Kier alpha value is -1.41. The molecule has 0 N–H and O–H groups in total. The van der Waals surface area contributed by atoms with Gasteiger partial charge in [-0.05, 0) is 18.1 Å². The van der Waals surface area contributed by atoms with Gasteiger partial charge >= 0.3 is 0 Å². The molecule has 0 aromatic carbocycles. The number of hydrogen-bond donors (Lipinski definition) is 0. The van der Waals surface area contributed by atoms with Crippen LogP contribution in [-0.2, 0) is 4.79 Å². The fourth-order valence-electron chi connectivity index (χ4n) is 1.74. The van der Waals surface area contributed by atoms with Crippen LogP contribution in [0.25, 0.3) is 0 Å². The third kappa shape index (κ3) is 2.07. The maximum absolute atomic E-state index is 11.7. The molecule has 2 heterocycles. The number of rotatable bonds is 2. The van der Waals surface area contributed by atoms with E-state index in [4.69, 9.17) is 5.26 Å². The zero-order valence-corrected chi connectivity index (χ0v) is 10.1. The first-order chi connectivity index (χ1) is 7.74. The van der Waals surface area contributed by atoms with E-state index in [0.29, 0.717) is 30.4 Å². The van der Waals surface area contributed by atoms with Crippen LogP contribution in [-0.4, -0.2) is 22.8 Å². The fraction of sp³-hybridized carbons (Fsp3) is 0.364. The summed E-state index contributed by atoms with van der Waals surface area (Å²) in [6.07, 6.45) is 0.545. The number of nitriles is 1. The third-order valence-electron chi connectivity index (χ3n) is 2.55. The number of hydrogen-bond acceptors (Lipinski definition) is 3. The fourth-order valence-corrected chi connectivity index (χ4v) is 2.18. The summed E-state index contributed by atoms with van der Waals surface area (Å²) in [5, 5.41) is 9.56. The summed E-state index contributed by atoms with van der Waals surface area (Å²) >= 11 is 3.38. The number of nitrogens with zero attached hydrogens (tertiary/aromatic N) is 3. The lowest BCUT2D eigenvalue weighted by atomic mass is 10.2. The highest BCUT2D eigenvalue weighted by Gasteiger charge is 2.30. The monoisotopic (exact) mass is 279 g/mol. The van der Waals surface area contributed by atoms with Gasteiger partial charge in [-0.1, -0.05) is 22.0 Å². The van der Waals surface area contributed by atoms with Gasteiger partial charge in [0.25, 0.3) is 0 Å². The summed E-state index contributed by atoms with van der Waals surface area (Å²) in [4.78, 5) is 17.5. The molecule has 1 saturated heterocycles. The van der Waals surface area contributed by atoms with E-state index in [1.807, 2.05) is 6.07 Å². The zero-order chi connectivity index (χ0) is 11.5. The molecule has 5 heteroatoms. The van der Waals surface area contributed by atoms with Gasteiger partial charge in [0.1, 0.15) is 17.6 Å². The Bertz CT molecular complexity index is 455. The molecule has 1 aliphatic rings. The molecule has 4 nitrogen and oxygen atoms in total. The van der Waals surface area contributed by atoms with Gasteiger partial charge in [0, 0.05) is 18.3 Å². The average Bonchev–Trinajstić information content (AvgIpc) is 2.71. The number of amides is 1. The smallest absolute Gasteiger partial charge is 0.228 e. The molecule has 0 aliphatic carbocycles. The first-order valence-corrected chi connectivity index (χ1v) is 6.10. The molecule has 1 atom stereocenters. The summed E-state index contributed by atoms with van der Waals surface area (Å²) in [5.41, 5.74) is 0.340. The van der Waals surface area contributed by atoms with Crippen molar-refractivity contribution in [1.82, 2.24) is 4.98 Å². The largest absolute Gasteiger partial charge is 0.296 e. The number of carbonyl (C=O) groups excluding carboxylic acids is 1. The molecule has 1 fully saturated rings. The van der Waals surface area contributed by atoms with Gasteiger partial charge in [-0.3, -0.25) is 9.69 Å². The Balaban J connectivity index is 2.25. The first-order valence-electron chi connectivity index (χ1n) is 4.98. The predicted octanol–water partition coefficient (Wildman–Crippen LogP) is 1.70. The second-order valence-electron chi connectivity index (χ2n) is 3.72. The predicted molar refractivity (Wildman–Crippen MR) is 63.2 cm³/mol. The number of halogens is 1. The summed E-state index contributed by atoms with van der Waals surface area (Å²) in [6, 6.07) is 7.11. The summed E-state index contributed by atoms with van der Waals surface area (Å²) in [7, 11) is 0. The van der Waals surface area contributed by atoms with Gasteiger partial charge in [-0.2, -0.15) is 5.26 Å². The lowest BCUT2D eigenvalue weighted by Gasteiger charge is -2.14. The van der Waals surface area contributed by atoms with Crippen LogP contribution < -0.4 is 4.90 Å². The van der Waals surface area contributed by atoms with E-state index in [1.165, 1.54) is 0 Å². The summed E-state index contributed by atoms with van der Waals surface area (Å²) in [5.74, 6) is 0.986. The van der Waals surface area contributed by atoms with Crippen LogP contribution in [0, 0.1) is 17.2 Å². The molecule has 1 amide bonds. The molecule has 1 aromatic heterocycles. The molecule has 82 valence electrons. The van der Waals surface area contributed by atoms with E-state index in [1.54, 1.807) is 23.1 Å². The number of aromatic nitrogens is 1. The molecule has 0 radical (unpaired) electrons. The van der Waals surface area contributed by atoms with Gasteiger partial charge in [-0.15, -0.1) is 0 Å². The van der Waals surface area contributed by atoms with Crippen LogP contribution in [0.3, 0.4) is 0 Å². The Morgan fingerprint density at radius 3 is 3.06 bits per heavy atom. The van der Waals surface area contributed by atoms with Crippen molar-refractivity contribution >= 4 is 27.7 Å². The first kappa shape index (κ1) is 11.1. The maximum atomic E-state index is 11.7. The zero-order valence-electron chi connectivity index (χ0n) is 8.56. The van der Waals surface area contributed by atoms with Crippen LogP contribution in [0.1, 0.15) is 12.1 Å². The van der Waals surface area contributed by atoms with Crippen LogP contribution in [0.15, 0.2) is 18.2 Å². The van der Waals surface area contributed by atoms with Crippen LogP contribution in [0.5, 0.6) is 0 Å². The lowest BCUT2D eigenvalue weighted by molar-refractivity contribution is -0.117. The quantitative estimate of drug-likeness (QED) is 0.775. The van der Waals surface area contributed by atoms with E-state index < -0.39 is 0 Å². The second kappa shape index (κ2) is 4.62. The molecular formula is C11H10BrN3O. The van der Waals surface area contributed by atoms with Crippen molar-refractivity contribution in [2.75, 3.05) is 16.8 Å². The van der Waals surface area contributed by atoms with Crippen molar-refractivity contribution in [3.05, 3.63) is 23.9 Å². The molecule has 1 aromatic rings. The Kier molecular flexibility index (Phi) is 3.20. The molecule has 0 spiro atoms. The molecule has 1 aliphatic heterocycles. The average molecular weight is 280 g/mol. The summed E-state index contributed by atoms with van der Waals surface area (Å²) < 4.78 is 0. The molecule has 2 rings (SSSR count). The van der Waals surface area contributed by atoms with Gasteiger partial charge < -0.3 is 0 Å². The number of pyridine rings is 1. The van der Waals surface area contributed by atoms with Crippen LogP contribution in [0.4, 0.5) is 5.82 Å². The Labute approximate surface area is 102 Å². The Morgan fingerprint density at radius 2 is 2.44 bits per heavy atom. The highest BCUT2D eigenvalue weighted by atomic mass is 79.9. The van der Waals surface area contributed by atoms with E-state index in [9.17, 15) is 4.79 Å². The topological polar surface area (TPSA) is 57.0 Å². The van der Waals surface area contributed by atoms with Crippen molar-refractivity contribution in [3.63, 3.8) is 0 Å². The number of alkyl halides is 1.